The maximum atomic E-state index is 9.93. The quantitative estimate of drug-likeness (QED) is 0.938. The molecule has 5 heteroatoms. The molecule has 1 aromatic heterocycles. The monoisotopic (exact) mass is 302 g/mol. The van der Waals surface area contributed by atoms with Gasteiger partial charge >= 0.3 is 0 Å². The van der Waals surface area contributed by atoms with Crippen LogP contribution >= 0.6 is 0 Å². The zero-order valence-corrected chi connectivity index (χ0v) is 13.3. The molecule has 0 saturated carbocycles. The number of methoxy groups -OCH3 is 1. The lowest BCUT2D eigenvalue weighted by atomic mass is 10.0. The molecule has 5 nitrogen and oxygen atoms in total. The van der Waals surface area contributed by atoms with Crippen molar-refractivity contribution in [1.82, 2.24) is 10.1 Å². The van der Waals surface area contributed by atoms with E-state index >= 15 is 0 Å². The Bertz CT molecular complexity index is 646. The van der Waals surface area contributed by atoms with E-state index in [2.05, 4.69) is 10.1 Å². The summed E-state index contributed by atoms with van der Waals surface area (Å²) >= 11 is 0. The third kappa shape index (κ3) is 2.68. The first-order chi connectivity index (χ1) is 10.6. The van der Waals surface area contributed by atoms with Crippen LogP contribution in [0.25, 0.3) is 0 Å². The summed E-state index contributed by atoms with van der Waals surface area (Å²) in [6.45, 7) is 5.82. The highest BCUT2D eigenvalue weighted by Crippen LogP contribution is 2.37. The number of hydrogen-bond donors (Lipinski definition) is 1. The lowest BCUT2D eigenvalue weighted by molar-refractivity contribution is 0.245. The lowest BCUT2D eigenvalue weighted by Gasteiger charge is -2.24. The number of rotatable bonds is 4. The second-order valence-corrected chi connectivity index (χ2v) is 5.87. The van der Waals surface area contributed by atoms with Gasteiger partial charge in [0, 0.05) is 18.2 Å². The Morgan fingerprint density at radius 1 is 1.41 bits per heavy atom. The van der Waals surface area contributed by atoms with Gasteiger partial charge in [0.2, 0.25) is 0 Å². The molecular formula is C17H22N2O3. The number of ether oxygens (including phenoxy) is 1. The summed E-state index contributed by atoms with van der Waals surface area (Å²) in [4.78, 5) is 2.42. The molecular weight excluding hydrogens is 280 g/mol. The summed E-state index contributed by atoms with van der Waals surface area (Å²) < 4.78 is 10.4. The molecule has 3 rings (SSSR count). The van der Waals surface area contributed by atoms with Crippen LogP contribution in [-0.2, 0) is 6.54 Å². The molecule has 1 N–H and O–H groups in total. The number of aromatic hydroxyl groups is 1. The van der Waals surface area contributed by atoms with E-state index in [-0.39, 0.29) is 5.75 Å². The van der Waals surface area contributed by atoms with E-state index in [1.54, 1.807) is 13.2 Å². The summed E-state index contributed by atoms with van der Waals surface area (Å²) in [6, 6.07) is 5.93. The van der Waals surface area contributed by atoms with E-state index in [0.717, 1.165) is 42.9 Å². The summed E-state index contributed by atoms with van der Waals surface area (Å²) in [5.41, 5.74) is 3.28. The van der Waals surface area contributed by atoms with Gasteiger partial charge < -0.3 is 14.4 Å². The Labute approximate surface area is 130 Å². The standard InChI is InChI=1S/C17H22N2O3/c1-11-17(12(2)22-18-11)14-5-4-8-19(14)10-13-6-7-16(21-3)15(20)9-13/h6-7,9,14,20H,4-5,8,10H2,1-3H3. The van der Waals surface area contributed by atoms with Crippen molar-refractivity contribution in [2.24, 2.45) is 0 Å². The van der Waals surface area contributed by atoms with Crippen LogP contribution in [0.5, 0.6) is 11.5 Å². The first-order valence-corrected chi connectivity index (χ1v) is 7.63. The molecule has 2 aromatic rings. The third-order valence-corrected chi connectivity index (χ3v) is 4.41. The van der Waals surface area contributed by atoms with Gasteiger partial charge in [-0.3, -0.25) is 4.90 Å². The molecule has 1 atom stereocenters. The Balaban J connectivity index is 1.81. The SMILES string of the molecule is COc1ccc(CN2CCCC2c2c(C)noc2C)cc1O. The van der Waals surface area contributed by atoms with E-state index in [1.165, 1.54) is 5.56 Å². The van der Waals surface area contributed by atoms with Crippen LogP contribution in [0.2, 0.25) is 0 Å². The van der Waals surface area contributed by atoms with Gasteiger partial charge in [-0.15, -0.1) is 0 Å². The van der Waals surface area contributed by atoms with E-state index < -0.39 is 0 Å². The number of aryl methyl sites for hydroxylation is 2. The van der Waals surface area contributed by atoms with Crippen LogP contribution in [0.1, 0.15) is 41.5 Å². The van der Waals surface area contributed by atoms with Crippen molar-refractivity contribution in [3.8, 4) is 11.5 Å². The van der Waals surface area contributed by atoms with Crippen LogP contribution in [0.3, 0.4) is 0 Å². The fraction of sp³-hybridized carbons (Fsp3) is 0.471. The lowest BCUT2D eigenvalue weighted by Crippen LogP contribution is -2.23. The number of phenols is 1. The molecule has 0 spiro atoms. The molecule has 2 heterocycles. The molecule has 0 radical (unpaired) electrons. The van der Waals surface area contributed by atoms with E-state index in [0.29, 0.717) is 11.8 Å². The molecule has 0 amide bonds. The zero-order valence-electron chi connectivity index (χ0n) is 13.3. The molecule has 1 saturated heterocycles. The highest BCUT2D eigenvalue weighted by molar-refractivity contribution is 5.41. The van der Waals surface area contributed by atoms with Crippen molar-refractivity contribution in [2.75, 3.05) is 13.7 Å². The maximum absolute atomic E-state index is 9.93. The van der Waals surface area contributed by atoms with Gasteiger partial charge in [0.15, 0.2) is 11.5 Å². The number of hydrogen-bond acceptors (Lipinski definition) is 5. The van der Waals surface area contributed by atoms with E-state index in [1.807, 2.05) is 26.0 Å². The number of phenolic OH excluding ortho intramolecular Hbond substituents is 1. The topological polar surface area (TPSA) is 58.7 Å². The van der Waals surface area contributed by atoms with E-state index in [4.69, 9.17) is 9.26 Å². The van der Waals surface area contributed by atoms with Crippen molar-refractivity contribution in [3.05, 3.63) is 40.8 Å². The van der Waals surface area contributed by atoms with Crippen molar-refractivity contribution in [3.63, 3.8) is 0 Å². The van der Waals surface area contributed by atoms with Crippen LogP contribution < -0.4 is 4.74 Å². The average molecular weight is 302 g/mol. The number of aromatic nitrogens is 1. The number of nitrogens with zero attached hydrogens (tertiary/aromatic N) is 2. The maximum Gasteiger partial charge on any atom is 0.160 e. The van der Waals surface area contributed by atoms with Crippen LogP contribution in [0.4, 0.5) is 0 Å². The minimum atomic E-state index is 0.188. The highest BCUT2D eigenvalue weighted by atomic mass is 16.5. The van der Waals surface area contributed by atoms with Crippen LogP contribution in [0.15, 0.2) is 22.7 Å². The molecule has 1 unspecified atom stereocenters. The minimum Gasteiger partial charge on any atom is -0.504 e. The van der Waals surface area contributed by atoms with Gasteiger partial charge in [0.25, 0.3) is 0 Å². The molecule has 22 heavy (non-hydrogen) atoms. The third-order valence-electron chi connectivity index (χ3n) is 4.41. The van der Waals surface area contributed by atoms with Gasteiger partial charge in [-0.2, -0.15) is 0 Å². The largest absolute Gasteiger partial charge is 0.504 e. The van der Waals surface area contributed by atoms with Gasteiger partial charge in [0.05, 0.1) is 12.8 Å². The Kier molecular flexibility index (Phi) is 4.07. The predicted octanol–water partition coefficient (Wildman–Crippen LogP) is 3.34. The van der Waals surface area contributed by atoms with Gasteiger partial charge in [0.1, 0.15) is 5.76 Å². The summed E-state index contributed by atoms with van der Waals surface area (Å²) in [6.07, 6.45) is 2.28. The molecule has 1 aromatic carbocycles. The molecule has 1 fully saturated rings. The van der Waals surface area contributed by atoms with E-state index in [9.17, 15) is 5.11 Å². The number of likely N-dealkylation sites (tertiary alicyclic amines) is 1. The Morgan fingerprint density at radius 2 is 2.23 bits per heavy atom. The summed E-state index contributed by atoms with van der Waals surface area (Å²) in [7, 11) is 1.56. The Morgan fingerprint density at radius 3 is 2.86 bits per heavy atom. The van der Waals surface area contributed by atoms with Crippen molar-refractivity contribution in [2.45, 2.75) is 39.3 Å². The predicted molar refractivity (Wildman–Crippen MR) is 83.0 cm³/mol. The van der Waals surface area contributed by atoms with Crippen molar-refractivity contribution < 1.29 is 14.4 Å². The second kappa shape index (κ2) is 6.01. The summed E-state index contributed by atoms with van der Waals surface area (Å²) in [5, 5.41) is 14.0. The first-order valence-electron chi connectivity index (χ1n) is 7.63. The average Bonchev–Trinajstić information content (AvgIpc) is 3.06. The number of benzene rings is 1. The molecule has 0 bridgehead atoms. The highest BCUT2D eigenvalue weighted by Gasteiger charge is 2.30. The smallest absolute Gasteiger partial charge is 0.160 e. The second-order valence-electron chi connectivity index (χ2n) is 5.87. The van der Waals surface area contributed by atoms with Gasteiger partial charge in [-0.05, 0) is 50.9 Å². The van der Waals surface area contributed by atoms with Crippen LogP contribution in [-0.4, -0.2) is 28.8 Å². The molecule has 118 valence electrons. The van der Waals surface area contributed by atoms with Gasteiger partial charge in [-0.25, -0.2) is 0 Å². The zero-order chi connectivity index (χ0) is 15.7. The normalized spacial score (nSPS) is 18.8. The molecule has 0 aliphatic carbocycles. The first kappa shape index (κ1) is 14.9. The fourth-order valence-electron chi connectivity index (χ4n) is 3.38. The Hall–Kier alpha value is -2.01. The summed E-state index contributed by atoms with van der Waals surface area (Å²) in [5.74, 6) is 1.60. The van der Waals surface area contributed by atoms with Crippen molar-refractivity contribution >= 4 is 0 Å². The minimum absolute atomic E-state index is 0.188. The van der Waals surface area contributed by atoms with Crippen molar-refractivity contribution in [1.29, 1.82) is 0 Å². The molecule has 1 aliphatic heterocycles. The molecule has 1 aliphatic rings. The fourth-order valence-corrected chi connectivity index (χ4v) is 3.38. The van der Waals surface area contributed by atoms with Crippen LogP contribution in [0, 0.1) is 13.8 Å². The van der Waals surface area contributed by atoms with Gasteiger partial charge in [-0.1, -0.05) is 11.2 Å².